The minimum absolute atomic E-state index is 0.00828. The van der Waals surface area contributed by atoms with Crippen LogP contribution in [0.25, 0.3) is 0 Å². The zero-order valence-electron chi connectivity index (χ0n) is 13.8. The summed E-state index contributed by atoms with van der Waals surface area (Å²) in [6.45, 7) is 1.90. The van der Waals surface area contributed by atoms with Crippen molar-refractivity contribution in [3.05, 3.63) is 53.9 Å². The van der Waals surface area contributed by atoms with E-state index in [0.717, 1.165) is 11.9 Å². The number of sulfone groups is 1. The quantitative estimate of drug-likeness (QED) is 0.774. The summed E-state index contributed by atoms with van der Waals surface area (Å²) in [5.41, 5.74) is 1.30. The van der Waals surface area contributed by atoms with Crippen LogP contribution in [0.2, 0.25) is 0 Å². The van der Waals surface area contributed by atoms with Crippen molar-refractivity contribution in [3.63, 3.8) is 0 Å². The standard InChI is InChI=1S/C16H20N2O4S2/c1-13-7-8-15(23(3,19)20)12-16(13)24(21,22)18(2)11-9-14-6-4-5-10-17-14/h4-8,10,12H,9,11H2,1-3H3. The number of hydrogen-bond acceptors (Lipinski definition) is 5. The largest absolute Gasteiger partial charge is 0.261 e. The first-order valence-corrected chi connectivity index (χ1v) is 10.6. The van der Waals surface area contributed by atoms with Crippen molar-refractivity contribution in [2.75, 3.05) is 19.8 Å². The Balaban J connectivity index is 2.29. The van der Waals surface area contributed by atoms with Gasteiger partial charge in [-0.3, -0.25) is 4.98 Å². The van der Waals surface area contributed by atoms with Gasteiger partial charge in [-0.25, -0.2) is 21.1 Å². The van der Waals surface area contributed by atoms with Crippen LogP contribution in [0.3, 0.4) is 0 Å². The lowest BCUT2D eigenvalue weighted by Gasteiger charge is -2.19. The predicted octanol–water partition coefficient (Wildman–Crippen LogP) is 1.66. The fourth-order valence-electron chi connectivity index (χ4n) is 2.20. The van der Waals surface area contributed by atoms with Gasteiger partial charge < -0.3 is 0 Å². The summed E-state index contributed by atoms with van der Waals surface area (Å²) >= 11 is 0. The van der Waals surface area contributed by atoms with Crippen molar-refractivity contribution in [3.8, 4) is 0 Å². The molecule has 6 nitrogen and oxygen atoms in total. The summed E-state index contributed by atoms with van der Waals surface area (Å²) in [7, 11) is -5.78. The minimum Gasteiger partial charge on any atom is -0.261 e. The number of sulfonamides is 1. The Labute approximate surface area is 143 Å². The van der Waals surface area contributed by atoms with E-state index in [1.807, 2.05) is 12.1 Å². The smallest absolute Gasteiger partial charge is 0.243 e. The lowest BCUT2D eigenvalue weighted by Crippen LogP contribution is -2.29. The number of rotatable bonds is 6. The van der Waals surface area contributed by atoms with Gasteiger partial charge in [0.25, 0.3) is 0 Å². The van der Waals surface area contributed by atoms with E-state index in [1.54, 1.807) is 19.2 Å². The summed E-state index contributed by atoms with van der Waals surface area (Å²) in [6, 6.07) is 9.61. The molecule has 0 N–H and O–H groups in total. The second-order valence-electron chi connectivity index (χ2n) is 5.60. The SMILES string of the molecule is Cc1ccc(S(C)(=O)=O)cc1S(=O)(=O)N(C)CCc1ccccn1. The normalized spacial score (nSPS) is 12.5. The zero-order valence-corrected chi connectivity index (χ0v) is 15.4. The molecular weight excluding hydrogens is 348 g/mol. The Hall–Kier alpha value is -1.77. The number of aromatic nitrogens is 1. The fraction of sp³-hybridized carbons (Fsp3) is 0.312. The molecule has 0 radical (unpaired) electrons. The van der Waals surface area contributed by atoms with Gasteiger partial charge in [-0.15, -0.1) is 0 Å². The van der Waals surface area contributed by atoms with Gasteiger partial charge in [0.1, 0.15) is 0 Å². The van der Waals surface area contributed by atoms with Crippen molar-refractivity contribution in [1.82, 2.24) is 9.29 Å². The van der Waals surface area contributed by atoms with E-state index < -0.39 is 19.9 Å². The third-order valence-corrected chi connectivity index (χ3v) is 6.79. The molecule has 1 heterocycles. The highest BCUT2D eigenvalue weighted by atomic mass is 32.2. The Bertz CT molecular complexity index is 924. The third kappa shape index (κ3) is 4.19. The van der Waals surface area contributed by atoms with Crippen LogP contribution in [0, 0.1) is 6.92 Å². The Morgan fingerprint density at radius 2 is 1.79 bits per heavy atom. The molecule has 1 aromatic heterocycles. The third-order valence-electron chi connectivity index (χ3n) is 3.68. The molecule has 0 spiro atoms. The van der Waals surface area contributed by atoms with Crippen LogP contribution in [0.1, 0.15) is 11.3 Å². The van der Waals surface area contributed by atoms with Gasteiger partial charge >= 0.3 is 0 Å². The van der Waals surface area contributed by atoms with Gasteiger partial charge in [0, 0.05) is 38.2 Å². The Kier molecular flexibility index (Phi) is 5.42. The second-order valence-corrected chi connectivity index (χ2v) is 9.63. The number of nitrogens with zero attached hydrogens (tertiary/aromatic N) is 2. The first kappa shape index (κ1) is 18.6. The summed E-state index contributed by atoms with van der Waals surface area (Å²) in [4.78, 5) is 4.17. The van der Waals surface area contributed by atoms with Crippen LogP contribution in [0.5, 0.6) is 0 Å². The number of likely N-dealkylation sites (N-methyl/N-ethyl adjacent to an activating group) is 1. The average Bonchev–Trinajstić information content (AvgIpc) is 2.52. The molecule has 0 fully saturated rings. The summed E-state index contributed by atoms with van der Waals surface area (Å²) in [5.74, 6) is 0. The highest BCUT2D eigenvalue weighted by molar-refractivity contribution is 7.91. The minimum atomic E-state index is -3.78. The van der Waals surface area contributed by atoms with Crippen LogP contribution < -0.4 is 0 Å². The number of aryl methyl sites for hydroxylation is 1. The van der Waals surface area contributed by atoms with Crippen LogP contribution in [-0.4, -0.2) is 46.0 Å². The number of hydrogen-bond donors (Lipinski definition) is 0. The van der Waals surface area contributed by atoms with Crippen molar-refractivity contribution in [2.24, 2.45) is 0 Å². The maximum atomic E-state index is 12.8. The molecule has 0 bridgehead atoms. The van der Waals surface area contributed by atoms with Crippen LogP contribution >= 0.6 is 0 Å². The van der Waals surface area contributed by atoms with Gasteiger partial charge in [-0.05, 0) is 36.8 Å². The maximum Gasteiger partial charge on any atom is 0.243 e. The zero-order chi connectivity index (χ0) is 18.0. The van der Waals surface area contributed by atoms with Gasteiger partial charge in [0.15, 0.2) is 9.84 Å². The summed E-state index contributed by atoms with van der Waals surface area (Å²) in [6.07, 6.45) is 3.18. The van der Waals surface area contributed by atoms with Gasteiger partial charge in [0.05, 0.1) is 9.79 Å². The molecular formula is C16H20N2O4S2. The van der Waals surface area contributed by atoms with Gasteiger partial charge in [-0.2, -0.15) is 0 Å². The van der Waals surface area contributed by atoms with Gasteiger partial charge in [0.2, 0.25) is 10.0 Å². The molecule has 0 saturated carbocycles. The first-order chi connectivity index (χ1) is 11.1. The topological polar surface area (TPSA) is 84.4 Å². The van der Waals surface area contributed by atoms with E-state index in [0.29, 0.717) is 12.0 Å². The predicted molar refractivity (Wildman–Crippen MR) is 92.0 cm³/mol. The molecule has 0 aliphatic carbocycles. The van der Waals surface area contributed by atoms with E-state index in [9.17, 15) is 16.8 Å². The molecule has 0 atom stereocenters. The van der Waals surface area contributed by atoms with Crippen molar-refractivity contribution >= 4 is 19.9 Å². The molecule has 24 heavy (non-hydrogen) atoms. The molecule has 0 aliphatic heterocycles. The van der Waals surface area contributed by atoms with Crippen molar-refractivity contribution in [1.29, 1.82) is 0 Å². The van der Waals surface area contributed by atoms with E-state index in [2.05, 4.69) is 4.98 Å². The molecule has 0 amide bonds. The molecule has 130 valence electrons. The van der Waals surface area contributed by atoms with Crippen molar-refractivity contribution < 1.29 is 16.8 Å². The fourth-order valence-corrected chi connectivity index (χ4v) is 4.34. The van der Waals surface area contributed by atoms with Crippen LogP contribution in [-0.2, 0) is 26.3 Å². The van der Waals surface area contributed by atoms with Crippen LogP contribution in [0.15, 0.2) is 52.4 Å². The lowest BCUT2D eigenvalue weighted by atomic mass is 10.2. The lowest BCUT2D eigenvalue weighted by molar-refractivity contribution is 0.470. The van der Waals surface area contributed by atoms with E-state index >= 15 is 0 Å². The monoisotopic (exact) mass is 368 g/mol. The molecule has 0 saturated heterocycles. The second kappa shape index (κ2) is 7.00. The highest BCUT2D eigenvalue weighted by Crippen LogP contribution is 2.23. The Morgan fingerprint density at radius 1 is 1.08 bits per heavy atom. The first-order valence-electron chi connectivity index (χ1n) is 7.29. The highest BCUT2D eigenvalue weighted by Gasteiger charge is 2.24. The number of pyridine rings is 1. The molecule has 2 aromatic rings. The van der Waals surface area contributed by atoms with E-state index in [1.165, 1.54) is 29.6 Å². The van der Waals surface area contributed by atoms with E-state index in [-0.39, 0.29) is 16.3 Å². The molecule has 2 rings (SSSR count). The number of benzene rings is 1. The summed E-state index contributed by atoms with van der Waals surface area (Å²) < 4.78 is 50.1. The van der Waals surface area contributed by atoms with E-state index in [4.69, 9.17) is 0 Å². The molecule has 0 aliphatic rings. The van der Waals surface area contributed by atoms with Crippen molar-refractivity contribution in [2.45, 2.75) is 23.1 Å². The Morgan fingerprint density at radius 3 is 2.38 bits per heavy atom. The molecule has 8 heteroatoms. The summed E-state index contributed by atoms with van der Waals surface area (Å²) in [5, 5.41) is 0. The maximum absolute atomic E-state index is 12.8. The average molecular weight is 368 g/mol. The van der Waals surface area contributed by atoms with Crippen LogP contribution in [0.4, 0.5) is 0 Å². The molecule has 0 unspecified atom stereocenters. The molecule has 1 aromatic carbocycles. The van der Waals surface area contributed by atoms with Gasteiger partial charge in [-0.1, -0.05) is 12.1 Å².